The fraction of sp³-hybridized carbons (Fsp3) is 0.468. The molecule has 3 aliphatic rings. The van der Waals surface area contributed by atoms with Crippen molar-refractivity contribution in [2.45, 2.75) is 109 Å². The molecular weight excluding hydrogens is 883 g/mol. The van der Waals surface area contributed by atoms with E-state index in [1.807, 2.05) is 6.07 Å². The Kier molecular flexibility index (Phi) is 15.3. The van der Waals surface area contributed by atoms with Crippen molar-refractivity contribution in [1.29, 1.82) is 0 Å². The Labute approximate surface area is 391 Å². The number of amides is 4. The summed E-state index contributed by atoms with van der Waals surface area (Å²) in [6.45, 7) is 5.51. The maximum Gasteiger partial charge on any atom is 0.343 e. The largest absolute Gasteiger partial charge is 0.458 e. The van der Waals surface area contributed by atoms with Gasteiger partial charge in [-0.1, -0.05) is 32.6 Å². The Balaban J connectivity index is 0.959. The lowest BCUT2D eigenvalue weighted by Gasteiger charge is -2.31. The molecule has 20 heteroatoms. The number of aromatic nitrogens is 4. The molecule has 354 valence electrons. The molecule has 0 saturated heterocycles. The first-order valence-corrected chi connectivity index (χ1v) is 22.9. The summed E-state index contributed by atoms with van der Waals surface area (Å²) in [5.41, 5.74) is 7.71. The molecule has 3 atom stereocenters. The lowest BCUT2D eigenvalue weighted by Crippen LogP contribution is -2.56. The second kappa shape index (κ2) is 21.3. The van der Waals surface area contributed by atoms with Gasteiger partial charge >= 0.3 is 5.97 Å². The average Bonchev–Trinajstić information content (AvgIpc) is 3.93. The number of ether oxygens (including phenoxy) is 3. The van der Waals surface area contributed by atoms with Crippen LogP contribution in [0.5, 0.6) is 11.5 Å². The Morgan fingerprint density at radius 2 is 1.79 bits per heavy atom. The summed E-state index contributed by atoms with van der Waals surface area (Å²) in [5, 5.41) is 23.2. The van der Waals surface area contributed by atoms with E-state index in [0.29, 0.717) is 83.8 Å². The number of aliphatic hydroxyl groups is 1. The number of nitrogens with one attached hydrogen (secondary N) is 5. The minimum atomic E-state index is -1.97. The molecule has 3 aromatic heterocycles. The predicted octanol–water partition coefficient (Wildman–Crippen LogP) is 2.40. The molecule has 0 aliphatic carbocycles. The summed E-state index contributed by atoms with van der Waals surface area (Å²) < 4.78 is 18.5. The Morgan fingerprint density at radius 1 is 1.00 bits per heavy atom. The van der Waals surface area contributed by atoms with Gasteiger partial charge in [-0.3, -0.25) is 24.0 Å². The molecule has 8 N–H and O–H groups in total. The van der Waals surface area contributed by atoms with Gasteiger partial charge in [-0.15, -0.1) is 0 Å². The molecule has 19 nitrogen and oxygen atoms in total. The molecule has 3 aliphatic heterocycles. The minimum absolute atomic E-state index is 0.0139. The van der Waals surface area contributed by atoms with Crippen LogP contribution in [-0.2, 0) is 53.9 Å². The van der Waals surface area contributed by atoms with E-state index in [9.17, 15) is 33.9 Å². The van der Waals surface area contributed by atoms with Crippen molar-refractivity contribution in [3.8, 4) is 34.7 Å². The zero-order valence-corrected chi connectivity index (χ0v) is 38.5. The number of fused-ring (bicyclic) bond motifs is 6. The van der Waals surface area contributed by atoms with Crippen LogP contribution >= 0.6 is 12.2 Å². The summed E-state index contributed by atoms with van der Waals surface area (Å²) in [6, 6.07) is 3.40. The SMILES string of the molecule is CC[C@@]1(O)C(=O)OCc2c1cc1n(c2=O)Cc2c-1nc1cc3c(cc1c2CCCNC(=O)CNC(=O)[C@H](CCCCN)NC(=O)[C@@H](NC(=O)CCCC#Cc1cnc(=S)[nH]c1)C(C)C)OCO3. The first-order chi connectivity index (χ1) is 32.2. The zero-order valence-electron chi connectivity index (χ0n) is 37.7. The van der Waals surface area contributed by atoms with Crippen LogP contribution in [0.4, 0.5) is 0 Å². The molecule has 7 rings (SSSR count). The molecule has 4 aromatic rings. The number of cyclic esters (lactones) is 1. The van der Waals surface area contributed by atoms with Crippen molar-refractivity contribution in [1.82, 2.24) is 40.8 Å². The third-order valence-electron chi connectivity index (χ3n) is 12.1. The van der Waals surface area contributed by atoms with Crippen LogP contribution in [0.1, 0.15) is 100.0 Å². The van der Waals surface area contributed by atoms with Gasteiger partial charge in [-0.25, -0.2) is 14.8 Å². The van der Waals surface area contributed by atoms with E-state index in [4.69, 9.17) is 37.1 Å². The van der Waals surface area contributed by atoms with E-state index in [0.717, 1.165) is 16.5 Å². The van der Waals surface area contributed by atoms with Gasteiger partial charge in [0, 0.05) is 54.4 Å². The van der Waals surface area contributed by atoms with Crippen molar-refractivity contribution in [2.75, 3.05) is 26.4 Å². The highest BCUT2D eigenvalue weighted by Crippen LogP contribution is 2.43. The molecule has 0 fully saturated rings. The second-order valence-electron chi connectivity index (χ2n) is 17.0. The number of aromatic amines is 1. The van der Waals surface area contributed by atoms with Gasteiger partial charge in [0.15, 0.2) is 21.9 Å². The molecule has 67 heavy (non-hydrogen) atoms. The van der Waals surface area contributed by atoms with E-state index in [1.54, 1.807) is 49.9 Å². The predicted molar refractivity (Wildman–Crippen MR) is 247 cm³/mol. The second-order valence-corrected chi connectivity index (χ2v) is 17.4. The topological polar surface area (TPSA) is 271 Å². The summed E-state index contributed by atoms with van der Waals surface area (Å²) >= 11 is 4.94. The number of hydrogen-bond acceptors (Lipinski definition) is 14. The van der Waals surface area contributed by atoms with Crippen LogP contribution in [0.2, 0.25) is 0 Å². The van der Waals surface area contributed by atoms with Gasteiger partial charge in [0.25, 0.3) is 5.56 Å². The normalized spacial score (nSPS) is 16.2. The van der Waals surface area contributed by atoms with Gasteiger partial charge in [0.1, 0.15) is 18.7 Å². The quantitative estimate of drug-likeness (QED) is 0.0271. The van der Waals surface area contributed by atoms with E-state index in [1.165, 1.54) is 0 Å². The number of nitrogens with zero attached hydrogens (tertiary/aromatic N) is 3. The van der Waals surface area contributed by atoms with Gasteiger partial charge in [-0.05, 0) is 87.3 Å². The monoisotopic (exact) mass is 937 g/mol. The molecule has 6 heterocycles. The molecule has 0 unspecified atom stereocenters. The fourth-order valence-corrected chi connectivity index (χ4v) is 8.51. The number of hydrogen-bond donors (Lipinski definition) is 7. The van der Waals surface area contributed by atoms with E-state index in [2.05, 4.69) is 43.1 Å². The summed E-state index contributed by atoms with van der Waals surface area (Å²) in [5.74, 6) is 4.09. The fourth-order valence-electron chi connectivity index (χ4n) is 8.40. The van der Waals surface area contributed by atoms with Gasteiger partial charge < -0.3 is 55.9 Å². The molecule has 0 bridgehead atoms. The van der Waals surface area contributed by atoms with Gasteiger partial charge in [0.05, 0.1) is 41.1 Å². The highest BCUT2D eigenvalue weighted by atomic mass is 32.1. The van der Waals surface area contributed by atoms with Crippen molar-refractivity contribution < 1.29 is 43.3 Å². The van der Waals surface area contributed by atoms with Gasteiger partial charge in [-0.2, -0.15) is 0 Å². The first-order valence-electron chi connectivity index (χ1n) is 22.5. The van der Waals surface area contributed by atoms with Crippen molar-refractivity contribution >= 4 is 52.7 Å². The number of rotatable bonds is 19. The van der Waals surface area contributed by atoms with Gasteiger partial charge in [0.2, 0.25) is 30.4 Å². The van der Waals surface area contributed by atoms with E-state index < -0.39 is 41.4 Å². The Hall–Kier alpha value is -6.69. The molecule has 0 spiro atoms. The number of carbonyl (C=O) groups is 5. The number of carbonyl (C=O) groups excluding carboxylic acids is 5. The van der Waals surface area contributed by atoms with Crippen LogP contribution in [0, 0.1) is 22.5 Å². The average molecular weight is 938 g/mol. The van der Waals surface area contributed by atoms with Crippen molar-refractivity contribution in [3.05, 3.63) is 73.5 Å². The van der Waals surface area contributed by atoms with Crippen LogP contribution < -0.4 is 42.0 Å². The molecule has 0 radical (unpaired) electrons. The molecule has 0 saturated carbocycles. The van der Waals surface area contributed by atoms with Crippen LogP contribution in [-0.4, -0.2) is 92.7 Å². The third-order valence-corrected chi connectivity index (χ3v) is 12.3. The number of nitrogens with two attached hydrogens (primary N) is 1. The zero-order chi connectivity index (χ0) is 47.8. The Morgan fingerprint density at radius 3 is 2.52 bits per heavy atom. The lowest BCUT2D eigenvalue weighted by molar-refractivity contribution is -0.172. The smallest absolute Gasteiger partial charge is 0.343 e. The number of H-pyrrole nitrogens is 1. The van der Waals surface area contributed by atoms with Crippen LogP contribution in [0.15, 0.2) is 35.4 Å². The summed E-state index contributed by atoms with van der Waals surface area (Å²) in [7, 11) is 0. The molecule has 4 amide bonds. The standard InChI is InChI=1S/C47H55N9O10S/c1-4-47(63)32-18-35-41-30(23-56(35)44(61)31(32)24-64-45(47)62)28(29-17-36-37(66-25-65-36)19-34(29)53-41)12-10-16-49-39(58)22-50-42(59)33(13-8-9-15-48)54-43(60)40(26(2)3)55-38(57)14-7-5-6-11-27-20-51-46(67)52-21-27/h17-21,26,33,40,63H,4-5,7-10,12-16,22-25,48H2,1-3H3,(H,49,58)(H,50,59)(H,54,60)(H,55,57)(H,51,52,67)/t33-,40-,47-/m0/s1. The first kappa shape index (κ1) is 48.2. The lowest BCUT2D eigenvalue weighted by atomic mass is 9.86. The number of unbranched alkanes of at least 4 members (excludes halogenated alkanes) is 2. The summed E-state index contributed by atoms with van der Waals surface area (Å²) in [4.78, 5) is 91.4. The number of aryl methyl sites for hydroxylation is 1. The highest BCUT2D eigenvalue weighted by Gasteiger charge is 2.45. The maximum atomic E-state index is 13.9. The molecular formula is C47H55N9O10S. The number of pyridine rings is 2. The molecule has 1 aromatic carbocycles. The minimum Gasteiger partial charge on any atom is -0.458 e. The Bertz CT molecular complexity index is 2760. The van der Waals surface area contributed by atoms with E-state index in [-0.39, 0.29) is 80.8 Å². The van der Waals surface area contributed by atoms with Crippen LogP contribution in [0.3, 0.4) is 0 Å². The van der Waals surface area contributed by atoms with Crippen molar-refractivity contribution in [2.24, 2.45) is 11.7 Å². The number of benzene rings is 1. The maximum absolute atomic E-state index is 13.9. The number of esters is 1. The van der Waals surface area contributed by atoms with Crippen molar-refractivity contribution in [3.63, 3.8) is 0 Å². The summed E-state index contributed by atoms with van der Waals surface area (Å²) in [6.07, 6.45) is 6.64. The van der Waals surface area contributed by atoms with Crippen LogP contribution in [0.25, 0.3) is 22.3 Å². The highest BCUT2D eigenvalue weighted by molar-refractivity contribution is 7.71. The third kappa shape index (κ3) is 10.8. The van der Waals surface area contributed by atoms with E-state index >= 15 is 0 Å².